The molecule has 0 aromatic heterocycles. The third-order valence-corrected chi connectivity index (χ3v) is 6.19. The number of sulfone groups is 1. The Labute approximate surface area is 156 Å². The zero-order valence-corrected chi connectivity index (χ0v) is 14.8. The molecule has 3 rings (SSSR count). The summed E-state index contributed by atoms with van der Waals surface area (Å²) in [7, 11) is -4.50. The van der Waals surface area contributed by atoms with Crippen LogP contribution in [0.4, 0.5) is 13.2 Å². The Hall–Kier alpha value is -2.89. The van der Waals surface area contributed by atoms with Crippen LogP contribution < -0.4 is 5.32 Å². The van der Waals surface area contributed by atoms with Crippen LogP contribution in [0.1, 0.15) is 5.56 Å². The number of fused-ring (bicyclic) bond motifs is 1. The molecule has 12 heteroatoms. The van der Waals surface area contributed by atoms with Crippen LogP contribution in [0.5, 0.6) is 0 Å². The molecule has 1 saturated heterocycles. The summed E-state index contributed by atoms with van der Waals surface area (Å²) in [5.74, 6) is -4.12. The van der Waals surface area contributed by atoms with Gasteiger partial charge in [-0.1, -0.05) is 30.3 Å². The number of β-lactam (4-membered cyclic amide) rings is 1. The van der Waals surface area contributed by atoms with Crippen molar-refractivity contribution in [2.24, 2.45) is 0 Å². The van der Waals surface area contributed by atoms with Crippen LogP contribution in [0, 0.1) is 0 Å². The van der Waals surface area contributed by atoms with Crippen molar-refractivity contribution in [3.05, 3.63) is 47.2 Å². The van der Waals surface area contributed by atoms with Gasteiger partial charge in [0.1, 0.15) is 18.3 Å². The Kier molecular flexibility index (Phi) is 4.91. The number of nitrogens with zero attached hydrogens (tertiary/aromatic N) is 1. The van der Waals surface area contributed by atoms with Gasteiger partial charge in [0.05, 0.1) is 11.3 Å². The second kappa shape index (κ2) is 6.93. The Morgan fingerprint density at radius 2 is 1.93 bits per heavy atom. The van der Waals surface area contributed by atoms with Crippen molar-refractivity contribution >= 4 is 28.1 Å². The maximum Gasteiger partial charge on any atom is 0.415 e. The molecule has 2 unspecified atom stereocenters. The van der Waals surface area contributed by atoms with Gasteiger partial charge in [-0.05, 0) is 5.56 Å². The average molecular weight is 418 g/mol. The highest BCUT2D eigenvalue weighted by atomic mass is 32.2. The molecule has 0 radical (unpaired) electrons. The largest absolute Gasteiger partial charge is 0.456 e. The number of rotatable bonds is 5. The predicted octanol–water partition coefficient (Wildman–Crippen LogP) is 0.257. The Bertz CT molecular complexity index is 958. The summed E-state index contributed by atoms with van der Waals surface area (Å²) >= 11 is 0. The standard InChI is InChI=1S/C16H13F3N2O6S/c17-16(18,19)10-7-28(25,26)14-11(20-8-22)13(23)21(14)12(10)15(24)27-6-9-4-2-1-3-5-9/h1-5,8,11,14H,6-7H2,(H,20,22). The third-order valence-electron chi connectivity index (χ3n) is 4.28. The van der Waals surface area contributed by atoms with E-state index in [4.69, 9.17) is 4.74 Å². The van der Waals surface area contributed by atoms with E-state index in [0.29, 0.717) is 5.56 Å². The normalized spacial score (nSPS) is 23.5. The Morgan fingerprint density at radius 1 is 1.29 bits per heavy atom. The van der Waals surface area contributed by atoms with Gasteiger partial charge in [0.15, 0.2) is 15.2 Å². The molecular formula is C16H13F3N2O6S. The highest BCUT2D eigenvalue weighted by molar-refractivity contribution is 7.92. The molecule has 0 saturated carbocycles. The van der Waals surface area contributed by atoms with Crippen LogP contribution in [-0.2, 0) is 35.6 Å². The van der Waals surface area contributed by atoms with Crippen LogP contribution in [0.25, 0.3) is 0 Å². The molecule has 0 aliphatic carbocycles. The van der Waals surface area contributed by atoms with E-state index in [-0.39, 0.29) is 17.9 Å². The highest BCUT2D eigenvalue weighted by Crippen LogP contribution is 2.42. The quantitative estimate of drug-likeness (QED) is 0.417. The number of esters is 1. The van der Waals surface area contributed by atoms with Crippen LogP contribution in [0.3, 0.4) is 0 Å². The van der Waals surface area contributed by atoms with Gasteiger partial charge in [-0.15, -0.1) is 0 Å². The first-order valence-electron chi connectivity index (χ1n) is 7.83. The molecular weight excluding hydrogens is 405 g/mol. The van der Waals surface area contributed by atoms with Gasteiger partial charge in [-0.2, -0.15) is 13.2 Å². The Morgan fingerprint density at radius 3 is 2.50 bits per heavy atom. The summed E-state index contributed by atoms with van der Waals surface area (Å²) < 4.78 is 69.6. The molecule has 2 aliphatic heterocycles. The van der Waals surface area contributed by atoms with Crippen molar-refractivity contribution in [1.82, 2.24) is 10.2 Å². The SMILES string of the molecule is O=CNC1C(=O)N2C(C(=O)OCc3ccccc3)=C(C(F)(F)F)CS(=O)(=O)C12. The second-order valence-corrected chi connectivity index (χ2v) is 8.15. The van der Waals surface area contributed by atoms with E-state index in [1.54, 1.807) is 30.3 Å². The number of carbonyl (C=O) groups excluding carboxylic acids is 3. The number of nitrogens with one attached hydrogen (secondary N) is 1. The van der Waals surface area contributed by atoms with Crippen molar-refractivity contribution in [2.45, 2.75) is 24.2 Å². The van der Waals surface area contributed by atoms with Crippen LogP contribution in [0.15, 0.2) is 41.6 Å². The fourth-order valence-electron chi connectivity index (χ4n) is 3.03. The van der Waals surface area contributed by atoms with Crippen LogP contribution >= 0.6 is 0 Å². The first-order chi connectivity index (χ1) is 13.1. The van der Waals surface area contributed by atoms with Gasteiger partial charge in [-0.3, -0.25) is 14.5 Å². The molecule has 1 N–H and O–H groups in total. The summed E-state index contributed by atoms with van der Waals surface area (Å²) in [5, 5.41) is 0.155. The molecule has 0 spiro atoms. The minimum absolute atomic E-state index is 0.0613. The lowest BCUT2D eigenvalue weighted by atomic mass is 10.0. The van der Waals surface area contributed by atoms with Gasteiger partial charge in [0, 0.05) is 0 Å². The van der Waals surface area contributed by atoms with Crippen molar-refractivity contribution in [3.63, 3.8) is 0 Å². The monoisotopic (exact) mass is 418 g/mol. The smallest absolute Gasteiger partial charge is 0.415 e. The van der Waals surface area contributed by atoms with Gasteiger partial charge >= 0.3 is 12.1 Å². The Balaban J connectivity index is 1.98. The summed E-state index contributed by atoms with van der Waals surface area (Å²) in [6, 6.07) is 6.52. The van der Waals surface area contributed by atoms with Gasteiger partial charge in [0.25, 0.3) is 5.91 Å². The van der Waals surface area contributed by atoms with E-state index in [1.807, 2.05) is 5.32 Å². The number of benzene rings is 1. The maximum atomic E-state index is 13.4. The molecule has 2 heterocycles. The summed E-state index contributed by atoms with van der Waals surface area (Å²) in [6.07, 6.45) is -5.12. The van der Waals surface area contributed by atoms with Crippen molar-refractivity contribution < 1.29 is 40.7 Å². The molecule has 2 atom stereocenters. The second-order valence-electron chi connectivity index (χ2n) is 6.05. The fraction of sp³-hybridized carbons (Fsp3) is 0.312. The number of hydrogen-bond donors (Lipinski definition) is 1. The van der Waals surface area contributed by atoms with Crippen molar-refractivity contribution in [3.8, 4) is 0 Å². The number of halogens is 3. The van der Waals surface area contributed by atoms with E-state index in [2.05, 4.69) is 0 Å². The van der Waals surface area contributed by atoms with E-state index in [0.717, 1.165) is 0 Å². The molecule has 1 aromatic carbocycles. The zero-order valence-electron chi connectivity index (χ0n) is 14.0. The molecule has 2 aliphatic rings. The molecule has 150 valence electrons. The van der Waals surface area contributed by atoms with Gasteiger partial charge in [0.2, 0.25) is 6.41 Å². The lowest BCUT2D eigenvalue weighted by molar-refractivity contribution is -0.155. The molecule has 28 heavy (non-hydrogen) atoms. The fourth-order valence-corrected chi connectivity index (χ4v) is 5.04. The number of hydrogen-bond acceptors (Lipinski definition) is 6. The number of amides is 2. The predicted molar refractivity (Wildman–Crippen MR) is 86.7 cm³/mol. The molecule has 8 nitrogen and oxygen atoms in total. The molecule has 2 amide bonds. The van der Waals surface area contributed by atoms with E-state index in [1.165, 1.54) is 0 Å². The van der Waals surface area contributed by atoms with E-state index >= 15 is 0 Å². The first kappa shape index (κ1) is 19.9. The van der Waals surface area contributed by atoms with Crippen molar-refractivity contribution in [1.29, 1.82) is 0 Å². The number of ether oxygens (including phenoxy) is 1. The summed E-state index contributed by atoms with van der Waals surface area (Å²) in [6.45, 7) is -0.371. The van der Waals surface area contributed by atoms with Gasteiger partial charge < -0.3 is 10.1 Å². The lowest BCUT2D eigenvalue weighted by Gasteiger charge is -2.48. The third kappa shape index (κ3) is 3.35. The van der Waals surface area contributed by atoms with E-state index < -0.39 is 56.3 Å². The lowest BCUT2D eigenvalue weighted by Crippen LogP contribution is -2.74. The van der Waals surface area contributed by atoms with E-state index in [9.17, 15) is 36.0 Å². The minimum Gasteiger partial charge on any atom is -0.456 e. The van der Waals surface area contributed by atoms with Crippen LogP contribution in [-0.4, -0.2) is 54.9 Å². The zero-order chi connectivity index (χ0) is 20.7. The highest BCUT2D eigenvalue weighted by Gasteiger charge is 2.63. The summed E-state index contributed by atoms with van der Waals surface area (Å²) in [5.41, 5.74) is -2.36. The molecule has 0 bridgehead atoms. The van der Waals surface area contributed by atoms with Crippen molar-refractivity contribution in [2.75, 3.05) is 5.75 Å². The molecule has 1 aromatic rings. The van der Waals surface area contributed by atoms with Gasteiger partial charge in [-0.25, -0.2) is 13.2 Å². The maximum absolute atomic E-state index is 13.4. The van der Waals surface area contributed by atoms with Crippen LogP contribution in [0.2, 0.25) is 0 Å². The average Bonchev–Trinajstić information content (AvgIpc) is 2.63. The number of alkyl halides is 3. The first-order valence-corrected chi connectivity index (χ1v) is 9.55. The summed E-state index contributed by atoms with van der Waals surface area (Å²) in [4.78, 5) is 35.4. The topological polar surface area (TPSA) is 110 Å². The molecule has 1 fully saturated rings. The minimum atomic E-state index is -5.18. The number of carbonyl (C=O) groups is 3.